The Labute approximate surface area is 147 Å². The molecule has 0 radical (unpaired) electrons. The van der Waals surface area contributed by atoms with Crippen molar-refractivity contribution in [3.05, 3.63) is 45.7 Å². The zero-order chi connectivity index (χ0) is 17.1. The highest BCUT2D eigenvalue weighted by atomic mass is 16.5. The molecule has 4 rings (SSSR count). The Morgan fingerprint density at radius 1 is 1.04 bits per heavy atom. The van der Waals surface area contributed by atoms with Crippen LogP contribution >= 0.6 is 0 Å². The highest BCUT2D eigenvalue weighted by Crippen LogP contribution is 2.16. The summed E-state index contributed by atoms with van der Waals surface area (Å²) in [5.41, 5.74) is 3.32. The van der Waals surface area contributed by atoms with E-state index in [2.05, 4.69) is 20.1 Å². The van der Waals surface area contributed by atoms with Gasteiger partial charge in [-0.1, -0.05) is 5.16 Å². The summed E-state index contributed by atoms with van der Waals surface area (Å²) in [5, 5.41) is 8.58. The smallest absolute Gasteiger partial charge is 0.267 e. The van der Waals surface area contributed by atoms with Crippen LogP contribution in [0.2, 0.25) is 0 Å². The van der Waals surface area contributed by atoms with Crippen LogP contribution in [-0.4, -0.2) is 57.5 Å². The van der Waals surface area contributed by atoms with E-state index >= 15 is 0 Å². The van der Waals surface area contributed by atoms with Crippen molar-refractivity contribution in [2.24, 2.45) is 0 Å². The molecule has 7 nitrogen and oxygen atoms in total. The largest absolute Gasteiger partial charge is 0.364 e. The van der Waals surface area contributed by atoms with Gasteiger partial charge in [0, 0.05) is 51.4 Å². The molecule has 1 saturated heterocycles. The fourth-order valence-corrected chi connectivity index (χ4v) is 3.72. The van der Waals surface area contributed by atoms with Gasteiger partial charge in [-0.3, -0.25) is 14.6 Å². The molecule has 1 aliphatic carbocycles. The summed E-state index contributed by atoms with van der Waals surface area (Å²) in [5.74, 6) is 0. The van der Waals surface area contributed by atoms with Gasteiger partial charge < -0.3 is 4.52 Å². The average molecular weight is 343 g/mol. The minimum absolute atomic E-state index is 0.0466. The summed E-state index contributed by atoms with van der Waals surface area (Å²) in [6.07, 6.45) is 6.00. The summed E-state index contributed by atoms with van der Waals surface area (Å²) in [7, 11) is 0. The maximum absolute atomic E-state index is 12.3. The van der Waals surface area contributed by atoms with Crippen molar-refractivity contribution >= 4 is 0 Å². The minimum atomic E-state index is 0.0466. The number of fused-ring (bicyclic) bond motifs is 1. The molecule has 7 heteroatoms. The quantitative estimate of drug-likeness (QED) is 0.804. The molecule has 0 amide bonds. The maximum atomic E-state index is 12.3. The minimum Gasteiger partial charge on any atom is -0.364 e. The van der Waals surface area contributed by atoms with Crippen LogP contribution in [0.5, 0.6) is 0 Å². The van der Waals surface area contributed by atoms with E-state index in [1.54, 1.807) is 17.0 Å². The van der Waals surface area contributed by atoms with Crippen LogP contribution < -0.4 is 5.56 Å². The van der Waals surface area contributed by atoms with Crippen LogP contribution in [-0.2, 0) is 25.9 Å². The molecule has 0 aromatic carbocycles. The van der Waals surface area contributed by atoms with Crippen LogP contribution in [0.25, 0.3) is 0 Å². The second-order valence-electron chi connectivity index (χ2n) is 6.99. The molecule has 0 N–H and O–H groups in total. The molecule has 134 valence electrons. The summed E-state index contributed by atoms with van der Waals surface area (Å²) in [6.45, 7) is 6.45. The normalized spacial score (nSPS) is 19.0. The van der Waals surface area contributed by atoms with Gasteiger partial charge in [-0.15, -0.1) is 0 Å². The highest BCUT2D eigenvalue weighted by molar-refractivity contribution is 5.20. The number of aryl methyl sites for hydroxylation is 2. The zero-order valence-corrected chi connectivity index (χ0v) is 14.6. The molecular weight excluding hydrogens is 318 g/mol. The van der Waals surface area contributed by atoms with Crippen molar-refractivity contribution in [2.75, 3.05) is 32.7 Å². The van der Waals surface area contributed by atoms with E-state index in [1.165, 1.54) is 12.8 Å². The second kappa shape index (κ2) is 7.49. The Bertz CT molecular complexity index is 747. The molecule has 2 aliphatic rings. The number of hydrogen-bond donors (Lipinski definition) is 0. The van der Waals surface area contributed by atoms with Gasteiger partial charge in [0.15, 0.2) is 0 Å². The van der Waals surface area contributed by atoms with Crippen molar-refractivity contribution < 1.29 is 4.52 Å². The average Bonchev–Trinajstić information content (AvgIpc) is 3.14. The SMILES string of the molecule is O=c1cc2c(nn1CCN1CCN(Cc3ccon3)CC1)CCCC2. The van der Waals surface area contributed by atoms with E-state index in [-0.39, 0.29) is 5.56 Å². The molecular formula is C18H25N5O2. The third kappa shape index (κ3) is 3.99. The fraction of sp³-hybridized carbons (Fsp3) is 0.611. The van der Waals surface area contributed by atoms with Crippen LogP contribution in [0, 0.1) is 0 Å². The van der Waals surface area contributed by atoms with E-state index in [1.807, 2.05) is 6.07 Å². The van der Waals surface area contributed by atoms with Crippen molar-refractivity contribution in [1.29, 1.82) is 0 Å². The monoisotopic (exact) mass is 343 g/mol. The van der Waals surface area contributed by atoms with Crippen molar-refractivity contribution in [3.8, 4) is 0 Å². The summed E-state index contributed by atoms with van der Waals surface area (Å²) < 4.78 is 6.55. The molecule has 2 aromatic heterocycles. The second-order valence-corrected chi connectivity index (χ2v) is 6.99. The lowest BCUT2D eigenvalue weighted by atomic mass is 9.97. The molecule has 0 unspecified atom stereocenters. The van der Waals surface area contributed by atoms with Gasteiger partial charge in [-0.2, -0.15) is 5.10 Å². The van der Waals surface area contributed by atoms with Gasteiger partial charge in [0.2, 0.25) is 0 Å². The number of piperazine rings is 1. The van der Waals surface area contributed by atoms with Crippen molar-refractivity contribution in [1.82, 2.24) is 24.7 Å². The lowest BCUT2D eigenvalue weighted by molar-refractivity contribution is 0.120. The van der Waals surface area contributed by atoms with Gasteiger partial charge in [0.05, 0.1) is 17.9 Å². The third-order valence-electron chi connectivity index (χ3n) is 5.24. The number of rotatable bonds is 5. The molecule has 0 spiro atoms. The molecule has 0 atom stereocenters. The topological polar surface area (TPSA) is 67.4 Å². The predicted molar refractivity (Wildman–Crippen MR) is 93.4 cm³/mol. The Morgan fingerprint density at radius 3 is 2.64 bits per heavy atom. The van der Waals surface area contributed by atoms with Crippen molar-refractivity contribution in [3.63, 3.8) is 0 Å². The maximum Gasteiger partial charge on any atom is 0.267 e. The predicted octanol–water partition coefficient (Wildman–Crippen LogP) is 0.928. The first-order valence-electron chi connectivity index (χ1n) is 9.22. The summed E-state index contributed by atoms with van der Waals surface area (Å²) in [4.78, 5) is 17.0. The zero-order valence-electron chi connectivity index (χ0n) is 14.6. The van der Waals surface area contributed by atoms with E-state index in [9.17, 15) is 4.79 Å². The van der Waals surface area contributed by atoms with E-state index in [0.717, 1.165) is 69.1 Å². The molecule has 3 heterocycles. The van der Waals surface area contributed by atoms with Gasteiger partial charge in [-0.05, 0) is 31.2 Å². The first-order chi connectivity index (χ1) is 12.3. The van der Waals surface area contributed by atoms with E-state index < -0.39 is 0 Å². The van der Waals surface area contributed by atoms with E-state index in [0.29, 0.717) is 6.54 Å². The summed E-state index contributed by atoms with van der Waals surface area (Å²) >= 11 is 0. The first-order valence-corrected chi connectivity index (χ1v) is 9.22. The lowest BCUT2D eigenvalue weighted by Gasteiger charge is -2.34. The van der Waals surface area contributed by atoms with Gasteiger partial charge in [0.1, 0.15) is 6.26 Å². The Morgan fingerprint density at radius 2 is 1.84 bits per heavy atom. The molecule has 1 fully saturated rings. The number of aromatic nitrogens is 3. The first kappa shape index (κ1) is 16.5. The summed E-state index contributed by atoms with van der Waals surface area (Å²) in [6, 6.07) is 3.72. The number of nitrogens with zero attached hydrogens (tertiary/aromatic N) is 5. The van der Waals surface area contributed by atoms with Gasteiger partial charge >= 0.3 is 0 Å². The Balaban J connectivity index is 1.29. The standard InChI is InChI=1S/C18H25N5O2/c24-18-13-15-3-1-2-4-17(15)19-23(18)11-10-21-6-8-22(9-7-21)14-16-5-12-25-20-16/h5,12-13H,1-4,6-11,14H2. The molecule has 1 aliphatic heterocycles. The van der Waals surface area contributed by atoms with Crippen molar-refractivity contribution in [2.45, 2.75) is 38.8 Å². The molecule has 2 aromatic rings. The number of hydrogen-bond acceptors (Lipinski definition) is 6. The molecule has 25 heavy (non-hydrogen) atoms. The van der Waals surface area contributed by atoms with Crippen LogP contribution in [0.4, 0.5) is 0 Å². The highest BCUT2D eigenvalue weighted by Gasteiger charge is 2.18. The Kier molecular flexibility index (Phi) is 4.94. The fourth-order valence-electron chi connectivity index (χ4n) is 3.72. The van der Waals surface area contributed by atoms with E-state index in [4.69, 9.17) is 4.52 Å². The van der Waals surface area contributed by atoms with Crippen LogP contribution in [0.15, 0.2) is 27.7 Å². The molecule has 0 bridgehead atoms. The van der Waals surface area contributed by atoms with Gasteiger partial charge in [-0.25, -0.2) is 4.68 Å². The van der Waals surface area contributed by atoms with Gasteiger partial charge in [0.25, 0.3) is 5.56 Å². The lowest BCUT2D eigenvalue weighted by Crippen LogP contribution is -2.47. The van der Waals surface area contributed by atoms with Crippen LogP contribution in [0.1, 0.15) is 29.8 Å². The van der Waals surface area contributed by atoms with Crippen LogP contribution in [0.3, 0.4) is 0 Å². The molecule has 0 saturated carbocycles. The third-order valence-corrected chi connectivity index (χ3v) is 5.24. The Hall–Kier alpha value is -1.99.